The molecule has 50 heavy (non-hydrogen) atoms. The number of methoxy groups -OCH3 is 4. The van der Waals surface area contributed by atoms with E-state index in [1.807, 2.05) is 51.2 Å². The molecule has 7 rings (SSSR count). The van der Waals surface area contributed by atoms with E-state index in [1.165, 1.54) is 14.2 Å². The molecule has 3 aliphatic rings. The molecule has 1 aromatic heterocycles. The lowest BCUT2D eigenvalue weighted by molar-refractivity contribution is -0.0724. The minimum Gasteiger partial charge on any atom is -0.504 e. The van der Waals surface area contributed by atoms with Crippen molar-refractivity contribution < 1.29 is 34.0 Å². The first kappa shape index (κ1) is 33.3. The Hall–Kier alpha value is -5.25. The molecule has 4 heterocycles. The first-order valence-corrected chi connectivity index (χ1v) is 16.6. The number of ether oxygens (including phenoxy) is 4. The van der Waals surface area contributed by atoms with Crippen LogP contribution in [0.25, 0.3) is 10.9 Å². The van der Waals surface area contributed by atoms with Crippen molar-refractivity contribution in [2.24, 2.45) is 0 Å². The standard InChI is InChI=1S/C38H41N5O7/c1-18-34(47-4)21-15-26-31-30-22(35(48-5)19(2)37(50-7)33(30)45)14-25(42(31)3)27(16-39)43(26)28(29(21)32(44)36(18)49-6)17-40-38(46)24-13-12-20-10-8-9-11-23(20)41-24/h8-13,25-28,31,44-45H,14-15,17H2,1-7H3,(H,40,46)/t25-,26-,27-,28-,31?/m0/s1. The van der Waals surface area contributed by atoms with E-state index >= 15 is 0 Å². The van der Waals surface area contributed by atoms with Crippen LogP contribution in [0.2, 0.25) is 0 Å². The van der Waals surface area contributed by atoms with Crippen molar-refractivity contribution in [3.05, 3.63) is 75.5 Å². The number of pyridine rings is 1. The Morgan fingerprint density at radius 3 is 2.08 bits per heavy atom. The fraction of sp³-hybridized carbons (Fsp3) is 0.395. The molecule has 1 amide bonds. The number of piperazine rings is 1. The Morgan fingerprint density at radius 2 is 1.46 bits per heavy atom. The number of phenols is 2. The van der Waals surface area contributed by atoms with Gasteiger partial charge in [-0.25, -0.2) is 4.98 Å². The van der Waals surface area contributed by atoms with Crippen molar-refractivity contribution >= 4 is 16.8 Å². The van der Waals surface area contributed by atoms with Crippen molar-refractivity contribution in [1.82, 2.24) is 20.1 Å². The summed E-state index contributed by atoms with van der Waals surface area (Å²) in [7, 11) is 8.16. The molecule has 0 spiro atoms. The Labute approximate surface area is 290 Å². The number of nitrogens with zero attached hydrogens (tertiary/aromatic N) is 4. The van der Waals surface area contributed by atoms with Crippen molar-refractivity contribution in [3.63, 3.8) is 0 Å². The predicted octanol–water partition coefficient (Wildman–Crippen LogP) is 4.50. The SMILES string of the molecule is COc1c(C)c(OC)c2c(c1O)C1[C@@H]3Cc4c(OC)c(C)c(OC)c(O)c4[C@H](CNC(=O)c4ccc5ccccc5n4)N3[C@@H](C#N)[C@H](C2)N1C. The Morgan fingerprint density at radius 1 is 0.880 bits per heavy atom. The summed E-state index contributed by atoms with van der Waals surface area (Å²) in [5.41, 5.74) is 5.05. The third-order valence-electron chi connectivity index (χ3n) is 10.9. The number of para-hydroxylation sites is 1. The Bertz CT molecular complexity index is 2080. The number of carbonyl (C=O) groups is 1. The van der Waals surface area contributed by atoms with E-state index in [4.69, 9.17) is 18.9 Å². The Balaban J connectivity index is 1.41. The molecule has 1 unspecified atom stereocenters. The van der Waals surface area contributed by atoms with Crippen LogP contribution in [-0.2, 0) is 12.8 Å². The largest absolute Gasteiger partial charge is 0.504 e. The van der Waals surface area contributed by atoms with E-state index in [-0.39, 0.29) is 41.4 Å². The van der Waals surface area contributed by atoms with Gasteiger partial charge >= 0.3 is 0 Å². The number of aromatic nitrogens is 1. The van der Waals surface area contributed by atoms with Gasteiger partial charge in [-0.1, -0.05) is 24.3 Å². The smallest absolute Gasteiger partial charge is 0.269 e. The molecule has 260 valence electrons. The summed E-state index contributed by atoms with van der Waals surface area (Å²) in [5, 5.41) is 38.6. The van der Waals surface area contributed by atoms with Crippen LogP contribution in [0, 0.1) is 25.2 Å². The number of benzene rings is 3. The quantitative estimate of drug-likeness (QED) is 0.254. The van der Waals surface area contributed by atoms with Gasteiger partial charge in [0.15, 0.2) is 23.0 Å². The van der Waals surface area contributed by atoms with E-state index in [0.29, 0.717) is 57.9 Å². The number of nitriles is 1. The molecule has 1 fully saturated rings. The zero-order chi connectivity index (χ0) is 35.6. The van der Waals surface area contributed by atoms with Gasteiger partial charge in [0.25, 0.3) is 5.91 Å². The summed E-state index contributed by atoms with van der Waals surface area (Å²) in [6, 6.07) is 11.2. The number of aromatic hydroxyl groups is 2. The van der Waals surface area contributed by atoms with Gasteiger partial charge in [0, 0.05) is 57.4 Å². The molecule has 3 aliphatic heterocycles. The number of phenolic OH excluding ortho intramolecular Hbond substituents is 2. The van der Waals surface area contributed by atoms with Gasteiger partial charge in [0.1, 0.15) is 23.2 Å². The normalized spacial score (nSPS) is 22.5. The fourth-order valence-electron chi connectivity index (χ4n) is 8.89. The van der Waals surface area contributed by atoms with E-state index in [1.54, 1.807) is 20.3 Å². The minimum atomic E-state index is -0.683. The lowest BCUT2D eigenvalue weighted by Gasteiger charge is -2.60. The molecule has 0 aliphatic carbocycles. The number of carbonyl (C=O) groups excluding carboxylic acids is 1. The second-order valence-electron chi connectivity index (χ2n) is 13.2. The van der Waals surface area contributed by atoms with Gasteiger partial charge in [-0.3, -0.25) is 14.6 Å². The number of fused-ring (bicyclic) bond motifs is 8. The fourth-order valence-corrected chi connectivity index (χ4v) is 8.89. The van der Waals surface area contributed by atoms with Gasteiger partial charge in [-0.15, -0.1) is 0 Å². The van der Waals surface area contributed by atoms with Crippen LogP contribution in [0.1, 0.15) is 56.0 Å². The minimum absolute atomic E-state index is 0.0326. The van der Waals surface area contributed by atoms with Crippen LogP contribution in [0.5, 0.6) is 34.5 Å². The molecule has 1 saturated heterocycles. The number of hydrogen-bond donors (Lipinski definition) is 3. The van der Waals surface area contributed by atoms with Crippen molar-refractivity contribution in [2.45, 2.75) is 56.9 Å². The van der Waals surface area contributed by atoms with Crippen molar-refractivity contribution in [1.29, 1.82) is 5.26 Å². The van der Waals surface area contributed by atoms with Crippen molar-refractivity contribution in [3.8, 4) is 40.6 Å². The highest BCUT2D eigenvalue weighted by Gasteiger charge is 2.57. The predicted molar refractivity (Wildman–Crippen MR) is 185 cm³/mol. The molecular weight excluding hydrogens is 638 g/mol. The van der Waals surface area contributed by atoms with Crippen LogP contribution in [0.4, 0.5) is 0 Å². The van der Waals surface area contributed by atoms with Crippen LogP contribution in [0.3, 0.4) is 0 Å². The van der Waals surface area contributed by atoms with E-state index in [9.17, 15) is 20.3 Å². The number of rotatable bonds is 7. The molecule has 0 saturated carbocycles. The second-order valence-corrected chi connectivity index (χ2v) is 13.2. The van der Waals surface area contributed by atoms with Crippen LogP contribution < -0.4 is 24.3 Å². The van der Waals surface area contributed by atoms with Gasteiger partial charge < -0.3 is 34.5 Å². The first-order chi connectivity index (χ1) is 24.1. The molecule has 12 nitrogen and oxygen atoms in total. The first-order valence-electron chi connectivity index (χ1n) is 16.6. The number of hydrogen-bond acceptors (Lipinski definition) is 11. The Kier molecular flexibility index (Phi) is 8.36. The van der Waals surface area contributed by atoms with E-state index in [0.717, 1.165) is 16.5 Å². The lowest BCUT2D eigenvalue weighted by Crippen LogP contribution is -2.68. The molecule has 4 aromatic rings. The summed E-state index contributed by atoms with van der Waals surface area (Å²) in [6.45, 7) is 3.72. The highest BCUT2D eigenvalue weighted by Crippen LogP contribution is 2.58. The molecule has 12 heteroatoms. The molecule has 2 bridgehead atoms. The third-order valence-corrected chi connectivity index (χ3v) is 10.9. The topological polar surface area (TPSA) is 150 Å². The van der Waals surface area contributed by atoms with Crippen LogP contribution in [0.15, 0.2) is 36.4 Å². The second kappa shape index (κ2) is 12.6. The summed E-state index contributed by atoms with van der Waals surface area (Å²) < 4.78 is 23.3. The summed E-state index contributed by atoms with van der Waals surface area (Å²) in [4.78, 5) is 22.6. The number of likely N-dealkylation sites (N-methyl/N-ethyl adjacent to an activating group) is 1. The third kappa shape index (κ3) is 4.71. The summed E-state index contributed by atoms with van der Waals surface area (Å²) in [5.74, 6) is 1.36. The lowest BCUT2D eigenvalue weighted by atomic mass is 9.71. The highest BCUT2D eigenvalue weighted by molar-refractivity contribution is 5.95. The van der Waals surface area contributed by atoms with E-state index < -0.39 is 24.2 Å². The van der Waals surface area contributed by atoms with Gasteiger partial charge in [-0.2, -0.15) is 5.26 Å². The summed E-state index contributed by atoms with van der Waals surface area (Å²) in [6.07, 6.45) is 0.787. The molecule has 0 radical (unpaired) electrons. The summed E-state index contributed by atoms with van der Waals surface area (Å²) >= 11 is 0. The van der Waals surface area contributed by atoms with Crippen LogP contribution in [-0.4, -0.2) is 91.1 Å². The maximum Gasteiger partial charge on any atom is 0.269 e. The maximum absolute atomic E-state index is 13.7. The highest BCUT2D eigenvalue weighted by atomic mass is 16.5. The molecule has 3 N–H and O–H groups in total. The zero-order valence-electron chi connectivity index (χ0n) is 29.2. The zero-order valence-corrected chi connectivity index (χ0v) is 29.2. The number of amides is 1. The molecule has 3 aromatic carbocycles. The average Bonchev–Trinajstić information content (AvgIpc) is 3.11. The maximum atomic E-state index is 13.7. The average molecular weight is 680 g/mol. The van der Waals surface area contributed by atoms with Gasteiger partial charge in [-0.05, 0) is 45.9 Å². The van der Waals surface area contributed by atoms with Crippen LogP contribution >= 0.6 is 0 Å². The monoisotopic (exact) mass is 679 g/mol. The number of nitrogens with one attached hydrogen (secondary N) is 1. The molecule has 5 atom stereocenters. The van der Waals surface area contributed by atoms with E-state index in [2.05, 4.69) is 26.2 Å². The van der Waals surface area contributed by atoms with Gasteiger partial charge in [0.2, 0.25) is 0 Å². The molecular formula is C38H41N5O7. The van der Waals surface area contributed by atoms with Gasteiger partial charge in [0.05, 0.1) is 52.1 Å². The van der Waals surface area contributed by atoms with Crippen molar-refractivity contribution in [2.75, 3.05) is 42.0 Å².